The molecule has 2 aromatic rings. The molecule has 3 N–H and O–H groups in total. The molecule has 9 nitrogen and oxygen atoms in total. The van der Waals surface area contributed by atoms with Crippen LogP contribution in [0.15, 0.2) is 24.4 Å². The van der Waals surface area contributed by atoms with Crippen LogP contribution in [0.1, 0.15) is 11.1 Å². The maximum absolute atomic E-state index is 13.5. The Labute approximate surface area is 181 Å². The van der Waals surface area contributed by atoms with E-state index >= 15 is 0 Å². The highest BCUT2D eigenvalue weighted by Crippen LogP contribution is 2.48. The summed E-state index contributed by atoms with van der Waals surface area (Å²) in [5.41, 5.74) is 1.01. The van der Waals surface area contributed by atoms with Crippen LogP contribution < -0.4 is 16.0 Å². The molecular weight excluding hydrogens is 449 g/mol. The average molecular weight is 468 g/mol. The van der Waals surface area contributed by atoms with Gasteiger partial charge in [0.05, 0.1) is 12.7 Å². The molecule has 3 aliphatic rings. The zero-order chi connectivity index (χ0) is 22.8. The quantitative estimate of drug-likeness (QED) is 0.615. The van der Waals surface area contributed by atoms with Crippen molar-refractivity contribution < 1.29 is 26.4 Å². The molecule has 170 valence electrons. The summed E-state index contributed by atoms with van der Waals surface area (Å²) in [6.07, 6.45) is -2.59. The fraction of sp³-hybridized carbons (Fsp3) is 0.421. The lowest BCUT2D eigenvalue weighted by molar-refractivity contribution is -0.137. The van der Waals surface area contributed by atoms with Crippen LogP contribution in [-0.2, 0) is 27.4 Å². The van der Waals surface area contributed by atoms with Crippen LogP contribution in [0.4, 0.5) is 36.3 Å². The zero-order valence-electron chi connectivity index (χ0n) is 16.8. The van der Waals surface area contributed by atoms with Crippen molar-refractivity contribution in [3.05, 3.63) is 35.5 Å². The minimum absolute atomic E-state index is 0.0266. The van der Waals surface area contributed by atoms with Gasteiger partial charge in [-0.3, -0.25) is 4.79 Å². The molecule has 1 saturated heterocycles. The van der Waals surface area contributed by atoms with Gasteiger partial charge in [0.2, 0.25) is 21.9 Å². The Morgan fingerprint density at radius 2 is 1.94 bits per heavy atom. The molecule has 5 rings (SSSR count). The first kappa shape index (κ1) is 20.9. The van der Waals surface area contributed by atoms with Crippen LogP contribution in [0.5, 0.6) is 0 Å². The molecule has 1 amide bonds. The molecule has 3 atom stereocenters. The van der Waals surface area contributed by atoms with Crippen molar-refractivity contribution >= 4 is 39.1 Å². The van der Waals surface area contributed by atoms with Crippen molar-refractivity contribution in [1.82, 2.24) is 14.3 Å². The molecule has 1 aromatic carbocycles. The lowest BCUT2D eigenvalue weighted by Crippen LogP contribution is -2.33. The molecule has 1 aromatic heterocycles. The molecule has 0 bridgehead atoms. The molecule has 2 aliphatic heterocycles. The molecule has 1 saturated carbocycles. The lowest BCUT2D eigenvalue weighted by atomic mass is 10.1. The SMILES string of the molecule is CS(=O)(=O)N1C[C@@H]2[C@H](C1)[C@@H]2Nc1nc(Nc2ccc3c(c2)CC(=O)N3)ncc1C(F)(F)F. The number of sulfonamides is 1. The maximum atomic E-state index is 13.5. The standard InChI is InChI=1S/C19H19F3N6O3S/c1-32(30,31)28-7-11-12(8-28)16(11)26-17-13(19(20,21)22)6-23-18(27-17)24-10-2-3-14-9(4-10)5-15(29)25-14/h2-4,6,11-12,16H,5,7-8H2,1H3,(H,25,29)(H2,23,24,26,27)/t11-,12+,16-. The van der Waals surface area contributed by atoms with Crippen LogP contribution in [0.3, 0.4) is 0 Å². The number of piperidine rings is 1. The second kappa shape index (κ2) is 7.04. The van der Waals surface area contributed by atoms with Crippen LogP contribution in [-0.4, -0.2) is 54.0 Å². The van der Waals surface area contributed by atoms with E-state index in [0.29, 0.717) is 11.4 Å². The minimum atomic E-state index is -4.65. The van der Waals surface area contributed by atoms with Crippen LogP contribution >= 0.6 is 0 Å². The van der Waals surface area contributed by atoms with Gasteiger partial charge < -0.3 is 16.0 Å². The molecule has 2 fully saturated rings. The summed E-state index contributed by atoms with van der Waals surface area (Å²) in [5, 5.41) is 8.44. The first-order valence-corrected chi connectivity index (χ1v) is 11.7. The number of nitrogens with zero attached hydrogens (tertiary/aromatic N) is 3. The summed E-state index contributed by atoms with van der Waals surface area (Å²) in [6, 6.07) is 4.80. The van der Waals surface area contributed by atoms with Gasteiger partial charge in [-0.2, -0.15) is 18.2 Å². The summed E-state index contributed by atoms with van der Waals surface area (Å²) < 4.78 is 65.2. The van der Waals surface area contributed by atoms with Crippen molar-refractivity contribution in [2.24, 2.45) is 11.8 Å². The number of amides is 1. The Morgan fingerprint density at radius 3 is 2.59 bits per heavy atom. The van der Waals surface area contributed by atoms with Crippen molar-refractivity contribution in [3.63, 3.8) is 0 Å². The topological polar surface area (TPSA) is 116 Å². The molecule has 32 heavy (non-hydrogen) atoms. The van der Waals surface area contributed by atoms with E-state index in [-0.39, 0.29) is 55.1 Å². The highest BCUT2D eigenvalue weighted by atomic mass is 32.2. The van der Waals surface area contributed by atoms with Gasteiger partial charge in [0.15, 0.2) is 0 Å². The number of halogens is 3. The summed E-state index contributed by atoms with van der Waals surface area (Å²) in [7, 11) is -3.32. The van der Waals surface area contributed by atoms with E-state index < -0.39 is 21.8 Å². The second-order valence-electron chi connectivity index (χ2n) is 8.25. The van der Waals surface area contributed by atoms with Gasteiger partial charge in [-0.25, -0.2) is 17.7 Å². The largest absolute Gasteiger partial charge is 0.421 e. The highest BCUT2D eigenvalue weighted by Gasteiger charge is 2.58. The number of aromatic nitrogens is 2. The number of hydrogen-bond donors (Lipinski definition) is 3. The Bertz CT molecular complexity index is 1210. The Kier molecular flexibility index (Phi) is 4.60. The molecule has 0 unspecified atom stereocenters. The molecule has 13 heteroatoms. The van der Waals surface area contributed by atoms with E-state index in [4.69, 9.17) is 0 Å². The molecule has 0 spiro atoms. The smallest absolute Gasteiger partial charge is 0.366 e. The van der Waals surface area contributed by atoms with Crippen LogP contribution in [0, 0.1) is 11.8 Å². The third-order valence-electron chi connectivity index (χ3n) is 6.01. The van der Waals surface area contributed by atoms with Gasteiger partial charge in [0.25, 0.3) is 0 Å². The number of anilines is 4. The number of fused-ring (bicyclic) bond motifs is 2. The van der Waals surface area contributed by atoms with E-state index in [1.165, 1.54) is 4.31 Å². The molecule has 3 heterocycles. The van der Waals surface area contributed by atoms with Crippen molar-refractivity contribution in [1.29, 1.82) is 0 Å². The van der Waals surface area contributed by atoms with Gasteiger partial charge in [-0.1, -0.05) is 0 Å². The first-order chi connectivity index (χ1) is 15.0. The number of benzene rings is 1. The van der Waals surface area contributed by atoms with Gasteiger partial charge in [0, 0.05) is 36.7 Å². The summed E-state index contributed by atoms with van der Waals surface area (Å²) in [4.78, 5) is 19.4. The predicted molar refractivity (Wildman–Crippen MR) is 110 cm³/mol. The number of hydrogen-bond acceptors (Lipinski definition) is 7. The third kappa shape index (κ3) is 3.86. The van der Waals surface area contributed by atoms with Gasteiger partial charge >= 0.3 is 6.18 Å². The van der Waals surface area contributed by atoms with E-state index in [9.17, 15) is 26.4 Å². The minimum Gasteiger partial charge on any atom is -0.366 e. The number of rotatable bonds is 5. The molecule has 1 aliphatic carbocycles. The van der Waals surface area contributed by atoms with Crippen molar-refractivity contribution in [3.8, 4) is 0 Å². The lowest BCUT2D eigenvalue weighted by Gasteiger charge is -2.19. The Morgan fingerprint density at radius 1 is 1.22 bits per heavy atom. The first-order valence-electron chi connectivity index (χ1n) is 9.85. The van der Waals surface area contributed by atoms with Gasteiger partial charge in [0.1, 0.15) is 11.4 Å². The number of nitrogens with one attached hydrogen (secondary N) is 3. The molecular formula is C19H19F3N6O3S. The van der Waals surface area contributed by atoms with Crippen molar-refractivity contribution in [2.75, 3.05) is 35.3 Å². The van der Waals surface area contributed by atoms with E-state index in [1.54, 1.807) is 18.2 Å². The molecule has 0 radical (unpaired) electrons. The number of carbonyl (C=O) groups is 1. The van der Waals surface area contributed by atoms with Crippen LogP contribution in [0.25, 0.3) is 0 Å². The monoisotopic (exact) mass is 468 g/mol. The van der Waals surface area contributed by atoms with Crippen LogP contribution in [0.2, 0.25) is 0 Å². The zero-order valence-corrected chi connectivity index (χ0v) is 17.6. The van der Waals surface area contributed by atoms with E-state index in [2.05, 4.69) is 25.9 Å². The second-order valence-corrected chi connectivity index (χ2v) is 10.2. The normalized spacial score (nSPS) is 24.6. The summed E-state index contributed by atoms with van der Waals surface area (Å²) in [5.74, 6) is -0.615. The summed E-state index contributed by atoms with van der Waals surface area (Å²) >= 11 is 0. The fourth-order valence-electron chi connectivity index (χ4n) is 4.33. The fourth-order valence-corrected chi connectivity index (χ4v) is 5.21. The Balaban J connectivity index is 1.35. The van der Waals surface area contributed by atoms with E-state index in [0.717, 1.165) is 18.0 Å². The summed E-state index contributed by atoms with van der Waals surface area (Å²) in [6.45, 7) is 0.557. The Hall–Kier alpha value is -2.93. The maximum Gasteiger partial charge on any atom is 0.421 e. The number of carbonyl (C=O) groups excluding carboxylic acids is 1. The van der Waals surface area contributed by atoms with Gasteiger partial charge in [-0.05, 0) is 35.6 Å². The third-order valence-corrected chi connectivity index (χ3v) is 7.25. The van der Waals surface area contributed by atoms with Crippen molar-refractivity contribution in [2.45, 2.75) is 18.6 Å². The average Bonchev–Trinajstić information content (AvgIpc) is 3.03. The predicted octanol–water partition coefficient (Wildman–Crippen LogP) is 2.04. The number of alkyl halides is 3. The van der Waals surface area contributed by atoms with Gasteiger partial charge in [-0.15, -0.1) is 0 Å². The highest BCUT2D eigenvalue weighted by molar-refractivity contribution is 7.88. The van der Waals surface area contributed by atoms with E-state index in [1.807, 2.05) is 0 Å².